The molecule has 1 saturated heterocycles. The molecule has 0 bridgehead atoms. The number of anilines is 1. The highest BCUT2D eigenvalue weighted by Gasteiger charge is 2.34. The molecule has 1 heterocycles. The molecule has 2 aromatic rings. The molecule has 30 heavy (non-hydrogen) atoms. The number of hydrogen-bond acceptors (Lipinski definition) is 6. The SMILES string of the molecule is Cc1cc(C)cc(N2C(=O)/C(=C\c3ccc(O[C@H](C)C(=O)[O-])cc3)C(=O)NC2=S)c1. The van der Waals surface area contributed by atoms with Crippen LogP contribution in [-0.4, -0.2) is 29.0 Å². The second-order valence-corrected chi connectivity index (χ2v) is 7.34. The lowest BCUT2D eigenvalue weighted by molar-refractivity contribution is -0.312. The van der Waals surface area contributed by atoms with E-state index in [1.807, 2.05) is 32.0 Å². The van der Waals surface area contributed by atoms with Crippen LogP contribution in [0.1, 0.15) is 23.6 Å². The molecule has 2 aromatic carbocycles. The second-order valence-electron chi connectivity index (χ2n) is 6.95. The highest BCUT2D eigenvalue weighted by Crippen LogP contribution is 2.25. The Kier molecular flexibility index (Phi) is 5.98. The highest BCUT2D eigenvalue weighted by molar-refractivity contribution is 7.80. The van der Waals surface area contributed by atoms with Crippen LogP contribution in [0.15, 0.2) is 48.0 Å². The predicted octanol–water partition coefficient (Wildman–Crippen LogP) is 1.65. The predicted molar refractivity (Wildman–Crippen MR) is 114 cm³/mol. The van der Waals surface area contributed by atoms with Crippen molar-refractivity contribution in [1.29, 1.82) is 0 Å². The Balaban J connectivity index is 1.90. The van der Waals surface area contributed by atoms with E-state index in [4.69, 9.17) is 17.0 Å². The van der Waals surface area contributed by atoms with Gasteiger partial charge in [-0.25, -0.2) is 0 Å². The summed E-state index contributed by atoms with van der Waals surface area (Å²) in [6, 6.07) is 11.9. The molecule has 1 aliphatic rings. The monoisotopic (exact) mass is 423 g/mol. The highest BCUT2D eigenvalue weighted by atomic mass is 32.1. The van der Waals surface area contributed by atoms with Gasteiger partial charge in [0.05, 0.1) is 11.7 Å². The molecule has 154 valence electrons. The van der Waals surface area contributed by atoms with Gasteiger partial charge < -0.3 is 14.6 Å². The lowest BCUT2D eigenvalue weighted by Gasteiger charge is -2.29. The largest absolute Gasteiger partial charge is 0.546 e. The third kappa shape index (κ3) is 4.55. The Morgan fingerprint density at radius 1 is 1.13 bits per heavy atom. The number of aliphatic carboxylic acids is 1. The molecule has 0 spiro atoms. The van der Waals surface area contributed by atoms with Crippen molar-refractivity contribution in [3.8, 4) is 5.75 Å². The number of carbonyl (C=O) groups is 3. The Bertz CT molecular complexity index is 1060. The van der Waals surface area contributed by atoms with Crippen molar-refractivity contribution < 1.29 is 24.2 Å². The molecule has 0 radical (unpaired) electrons. The number of rotatable bonds is 5. The number of hydrogen-bond donors (Lipinski definition) is 1. The smallest absolute Gasteiger partial charge is 0.270 e. The summed E-state index contributed by atoms with van der Waals surface area (Å²) in [5, 5.41) is 13.3. The van der Waals surface area contributed by atoms with Crippen LogP contribution in [0.2, 0.25) is 0 Å². The minimum atomic E-state index is -1.33. The molecular formula is C22H19N2O5S-. The fourth-order valence-electron chi connectivity index (χ4n) is 3.03. The number of carboxylic acid groups (broad SMARTS) is 1. The van der Waals surface area contributed by atoms with Gasteiger partial charge in [0.2, 0.25) is 0 Å². The maximum Gasteiger partial charge on any atom is 0.270 e. The van der Waals surface area contributed by atoms with Crippen molar-refractivity contribution >= 4 is 46.9 Å². The van der Waals surface area contributed by atoms with Gasteiger partial charge in [-0.3, -0.25) is 19.8 Å². The Labute approximate surface area is 179 Å². The van der Waals surface area contributed by atoms with Crippen molar-refractivity contribution in [2.45, 2.75) is 26.9 Å². The number of carboxylic acids is 1. The van der Waals surface area contributed by atoms with Crippen molar-refractivity contribution in [3.05, 3.63) is 64.7 Å². The Hall–Kier alpha value is -3.52. The van der Waals surface area contributed by atoms with Crippen LogP contribution in [0.5, 0.6) is 5.75 Å². The van der Waals surface area contributed by atoms with Crippen LogP contribution in [-0.2, 0) is 14.4 Å². The van der Waals surface area contributed by atoms with Crippen LogP contribution < -0.4 is 20.1 Å². The van der Waals surface area contributed by atoms with E-state index in [0.29, 0.717) is 17.0 Å². The fourth-order valence-corrected chi connectivity index (χ4v) is 3.31. The Morgan fingerprint density at radius 3 is 2.30 bits per heavy atom. The van der Waals surface area contributed by atoms with Gasteiger partial charge in [-0.1, -0.05) is 18.2 Å². The molecule has 8 heteroatoms. The quantitative estimate of drug-likeness (QED) is 0.446. The molecule has 0 saturated carbocycles. The lowest BCUT2D eigenvalue weighted by Crippen LogP contribution is -2.54. The van der Waals surface area contributed by atoms with E-state index in [-0.39, 0.29) is 10.7 Å². The van der Waals surface area contributed by atoms with E-state index in [9.17, 15) is 19.5 Å². The first-order valence-corrected chi connectivity index (χ1v) is 9.54. The summed E-state index contributed by atoms with van der Waals surface area (Å²) in [5.41, 5.74) is 3.00. The molecule has 0 aliphatic carbocycles. The number of ether oxygens (including phenoxy) is 1. The van der Waals surface area contributed by atoms with Crippen molar-refractivity contribution in [2.75, 3.05) is 4.90 Å². The third-order valence-electron chi connectivity index (χ3n) is 4.40. The summed E-state index contributed by atoms with van der Waals surface area (Å²) in [5.74, 6) is -2.12. The second kappa shape index (κ2) is 8.46. The normalized spacial score (nSPS) is 16.4. The minimum Gasteiger partial charge on any atom is -0.546 e. The fraction of sp³-hybridized carbons (Fsp3) is 0.182. The summed E-state index contributed by atoms with van der Waals surface area (Å²) in [4.78, 5) is 37.6. The number of nitrogens with zero attached hydrogens (tertiary/aromatic N) is 1. The van der Waals surface area contributed by atoms with Crippen LogP contribution in [0, 0.1) is 13.8 Å². The lowest BCUT2D eigenvalue weighted by atomic mass is 10.1. The van der Waals surface area contributed by atoms with E-state index < -0.39 is 23.9 Å². The maximum atomic E-state index is 13.1. The molecule has 0 unspecified atom stereocenters. The molecule has 2 amide bonds. The van der Waals surface area contributed by atoms with Gasteiger partial charge in [0.15, 0.2) is 5.11 Å². The van der Waals surface area contributed by atoms with E-state index in [1.54, 1.807) is 24.3 Å². The van der Waals surface area contributed by atoms with Crippen molar-refractivity contribution in [2.24, 2.45) is 0 Å². The summed E-state index contributed by atoms with van der Waals surface area (Å²) < 4.78 is 5.22. The summed E-state index contributed by atoms with van der Waals surface area (Å²) >= 11 is 5.22. The molecule has 1 N–H and O–H groups in total. The molecule has 1 aliphatic heterocycles. The van der Waals surface area contributed by atoms with Gasteiger partial charge >= 0.3 is 0 Å². The zero-order chi connectivity index (χ0) is 22.0. The summed E-state index contributed by atoms with van der Waals surface area (Å²) in [7, 11) is 0. The van der Waals surface area contributed by atoms with Gasteiger partial charge in [-0.05, 0) is 80.0 Å². The van der Waals surface area contributed by atoms with E-state index in [0.717, 1.165) is 11.1 Å². The standard InChI is InChI=1S/C22H20N2O5S/c1-12-8-13(2)10-16(9-12)24-20(26)18(19(25)23-22(24)30)11-15-4-6-17(7-5-15)29-14(3)21(27)28/h4-11,14H,1-3H3,(H,27,28)(H,23,25,30)/p-1/b18-11-/t14-/m1/s1. The zero-order valence-corrected chi connectivity index (χ0v) is 17.4. The maximum absolute atomic E-state index is 13.1. The molecule has 7 nitrogen and oxygen atoms in total. The van der Waals surface area contributed by atoms with E-state index in [2.05, 4.69) is 5.32 Å². The molecular weight excluding hydrogens is 404 g/mol. The minimum absolute atomic E-state index is 0.0205. The Morgan fingerprint density at radius 2 is 1.73 bits per heavy atom. The average Bonchev–Trinajstić information content (AvgIpc) is 2.65. The topological polar surface area (TPSA) is 98.8 Å². The van der Waals surface area contributed by atoms with Gasteiger partial charge in [-0.2, -0.15) is 0 Å². The molecule has 0 aromatic heterocycles. The first-order valence-electron chi connectivity index (χ1n) is 9.13. The first-order chi connectivity index (χ1) is 14.2. The third-order valence-corrected chi connectivity index (χ3v) is 4.69. The zero-order valence-electron chi connectivity index (χ0n) is 16.6. The van der Waals surface area contributed by atoms with E-state index in [1.165, 1.54) is 17.9 Å². The van der Waals surface area contributed by atoms with E-state index >= 15 is 0 Å². The van der Waals surface area contributed by atoms with Gasteiger partial charge in [0.25, 0.3) is 11.8 Å². The summed E-state index contributed by atoms with van der Waals surface area (Å²) in [6.45, 7) is 5.18. The average molecular weight is 423 g/mol. The molecule has 1 fully saturated rings. The summed E-state index contributed by atoms with van der Waals surface area (Å²) in [6.07, 6.45) is 0.341. The molecule has 3 rings (SSSR count). The first kappa shape index (κ1) is 21.2. The van der Waals surface area contributed by atoms with Gasteiger partial charge in [0, 0.05) is 0 Å². The van der Waals surface area contributed by atoms with Crippen LogP contribution in [0.4, 0.5) is 5.69 Å². The number of benzene rings is 2. The van der Waals surface area contributed by atoms with Crippen LogP contribution in [0.3, 0.4) is 0 Å². The van der Waals surface area contributed by atoms with Crippen LogP contribution in [0.25, 0.3) is 6.08 Å². The van der Waals surface area contributed by atoms with Gasteiger partial charge in [0.1, 0.15) is 17.4 Å². The van der Waals surface area contributed by atoms with Crippen molar-refractivity contribution in [3.63, 3.8) is 0 Å². The van der Waals surface area contributed by atoms with Crippen molar-refractivity contribution in [1.82, 2.24) is 5.32 Å². The number of amides is 2. The van der Waals surface area contributed by atoms with Crippen LogP contribution >= 0.6 is 12.2 Å². The number of nitrogens with one attached hydrogen (secondary N) is 1. The van der Waals surface area contributed by atoms with Gasteiger partial charge in [-0.15, -0.1) is 0 Å². The molecule has 1 atom stereocenters. The number of aryl methyl sites for hydroxylation is 2. The number of thiocarbonyl (C=S) groups is 1. The number of carbonyl (C=O) groups excluding carboxylic acids is 3.